The van der Waals surface area contributed by atoms with Crippen LogP contribution in [0, 0.1) is 35.4 Å². The van der Waals surface area contributed by atoms with Gasteiger partial charge in [0.25, 0.3) is 0 Å². The molecule has 14 rings (SSSR count). The van der Waals surface area contributed by atoms with Crippen LogP contribution < -0.4 is 4.90 Å². The summed E-state index contributed by atoms with van der Waals surface area (Å²) in [6.45, 7) is 7.34. The largest absolute Gasteiger partial charge is 0.310 e. The van der Waals surface area contributed by atoms with E-state index in [0.717, 1.165) is 46.2 Å². The summed E-state index contributed by atoms with van der Waals surface area (Å²) in [5.74, 6) is 3.76. The molecule has 0 N–H and O–H groups in total. The molecule has 0 amide bonds. The molecule has 0 radical (unpaired) electrons. The van der Waals surface area contributed by atoms with Gasteiger partial charge in [-0.15, -0.1) is 0 Å². The van der Waals surface area contributed by atoms with Crippen molar-refractivity contribution < 1.29 is 4.39 Å². The molecular weight excluding hydrogens is 766 g/mol. The highest BCUT2D eigenvalue weighted by molar-refractivity contribution is 6.07. The van der Waals surface area contributed by atoms with Gasteiger partial charge in [0.1, 0.15) is 5.82 Å². The minimum Gasteiger partial charge on any atom is -0.310 e. The van der Waals surface area contributed by atoms with Crippen LogP contribution in [0.15, 0.2) is 170 Å². The third-order valence-corrected chi connectivity index (χ3v) is 17.0. The third kappa shape index (κ3) is 5.21. The van der Waals surface area contributed by atoms with Crippen LogP contribution in [0.5, 0.6) is 0 Å². The van der Waals surface area contributed by atoms with E-state index in [-0.39, 0.29) is 16.6 Å². The molecule has 308 valence electrons. The van der Waals surface area contributed by atoms with E-state index < -0.39 is 0 Å². The van der Waals surface area contributed by atoms with Gasteiger partial charge in [0.05, 0.1) is 11.4 Å². The minimum atomic E-state index is -0.222. The topological polar surface area (TPSA) is 3.24 Å². The Morgan fingerprint density at radius 2 is 1.10 bits per heavy atom. The number of hydrogen-bond acceptors (Lipinski definition) is 1. The monoisotopic (exact) mass is 817 g/mol. The molecule has 1 nitrogen and oxygen atoms in total. The number of halogens is 1. The lowest BCUT2D eigenvalue weighted by molar-refractivity contribution is 0.180. The van der Waals surface area contributed by atoms with E-state index in [1.54, 1.807) is 23.3 Å². The van der Waals surface area contributed by atoms with Crippen LogP contribution in [0.4, 0.5) is 21.5 Å². The van der Waals surface area contributed by atoms with Crippen molar-refractivity contribution >= 4 is 27.8 Å². The van der Waals surface area contributed by atoms with E-state index in [0.29, 0.717) is 5.92 Å². The maximum atomic E-state index is 14.0. The van der Waals surface area contributed by atoms with Crippen molar-refractivity contribution in [3.8, 4) is 44.5 Å². The van der Waals surface area contributed by atoms with Gasteiger partial charge in [-0.25, -0.2) is 4.39 Å². The molecule has 4 fully saturated rings. The average Bonchev–Trinajstić information content (AvgIpc) is 3.79. The molecule has 6 atom stereocenters. The fraction of sp³-hybridized carbons (Fsp3) is 0.246. The second kappa shape index (κ2) is 13.6. The standard InChI is InChI=1S/C61H52FN/c1-37-33-42-35-43-34-40(42)25-31-53(37)61(43)55-18-7-5-12-49(55)52-36-41(26-32-56(52)61)46-13-8-15-50-47(46)14-9-19-57(50)63(45-29-23-39(24-30-45)38-21-27-44(62)28-22-38)58-20-10-16-51-48-11-4-6-17-54(48)60(2,3)59(51)58/h4-24,26-30,32,36-37,40,42-43,53H,25,31,33-35H2,1-3H3/t37-,40+,42?,43+,53?,61-/m1/s1. The smallest absolute Gasteiger partial charge is 0.123 e. The lowest BCUT2D eigenvalue weighted by Gasteiger charge is -2.45. The lowest BCUT2D eigenvalue weighted by atomic mass is 9.58. The molecule has 4 bridgehead atoms. The van der Waals surface area contributed by atoms with E-state index in [4.69, 9.17) is 0 Å². The summed E-state index contributed by atoms with van der Waals surface area (Å²) in [6.07, 6.45) is 6.98. The number of fused-ring (bicyclic) bond motifs is 9. The SMILES string of the molecule is C[C@@H]1CC2C[C@@H]3C[C@@H]2CCC1[C@@]31c2ccccc2-c2cc(-c3cccc4c(N(c5ccc(-c6ccc(F)cc6)cc5)c5cccc6c5C(C)(C)c5ccccc5-6)cccc34)ccc21. The van der Waals surface area contributed by atoms with Crippen molar-refractivity contribution in [3.05, 3.63) is 198 Å². The van der Waals surface area contributed by atoms with Crippen LogP contribution in [0.25, 0.3) is 55.3 Å². The molecule has 0 aliphatic heterocycles. The van der Waals surface area contributed by atoms with Crippen LogP contribution >= 0.6 is 0 Å². The molecule has 2 unspecified atom stereocenters. The fourth-order valence-corrected chi connectivity index (χ4v) is 14.5. The summed E-state index contributed by atoms with van der Waals surface area (Å²) in [7, 11) is 0. The van der Waals surface area contributed by atoms with Gasteiger partial charge >= 0.3 is 0 Å². The number of rotatable bonds is 5. The van der Waals surface area contributed by atoms with Gasteiger partial charge in [0, 0.05) is 21.9 Å². The third-order valence-electron chi connectivity index (χ3n) is 17.0. The first-order valence-electron chi connectivity index (χ1n) is 23.5. The number of nitrogens with zero attached hydrogens (tertiary/aromatic N) is 1. The van der Waals surface area contributed by atoms with Gasteiger partial charge < -0.3 is 4.90 Å². The predicted octanol–water partition coefficient (Wildman–Crippen LogP) is 16.4. The highest BCUT2D eigenvalue weighted by Gasteiger charge is 2.61. The molecule has 2 heteroatoms. The van der Waals surface area contributed by atoms with E-state index in [2.05, 4.69) is 171 Å². The molecular formula is C61H52FN. The molecule has 4 saturated carbocycles. The zero-order chi connectivity index (χ0) is 42.2. The van der Waals surface area contributed by atoms with Gasteiger partial charge in [0.15, 0.2) is 0 Å². The van der Waals surface area contributed by atoms with E-state index in [1.165, 1.54) is 93.1 Å². The Morgan fingerprint density at radius 3 is 1.90 bits per heavy atom. The van der Waals surface area contributed by atoms with Crippen molar-refractivity contribution in [1.29, 1.82) is 0 Å². The Labute approximate surface area is 371 Å². The number of benzene rings is 8. The summed E-state index contributed by atoms with van der Waals surface area (Å²) in [5, 5.41) is 2.46. The molecule has 6 aliphatic rings. The first kappa shape index (κ1) is 37.3. The molecule has 8 aromatic rings. The van der Waals surface area contributed by atoms with Crippen LogP contribution in [0.1, 0.15) is 75.1 Å². The fourth-order valence-electron chi connectivity index (χ4n) is 14.5. The zero-order valence-corrected chi connectivity index (χ0v) is 36.4. The molecule has 8 aromatic carbocycles. The van der Waals surface area contributed by atoms with E-state index in [9.17, 15) is 4.39 Å². The van der Waals surface area contributed by atoms with Gasteiger partial charge in [-0.3, -0.25) is 0 Å². The average molecular weight is 818 g/mol. The Balaban J connectivity index is 0.989. The Morgan fingerprint density at radius 1 is 0.492 bits per heavy atom. The van der Waals surface area contributed by atoms with E-state index >= 15 is 0 Å². The van der Waals surface area contributed by atoms with Gasteiger partial charge in [-0.05, 0) is 176 Å². The lowest BCUT2D eigenvalue weighted by Crippen LogP contribution is -2.42. The quantitative estimate of drug-likeness (QED) is 0.167. The van der Waals surface area contributed by atoms with E-state index in [1.807, 2.05) is 12.1 Å². The molecule has 6 aliphatic carbocycles. The summed E-state index contributed by atoms with van der Waals surface area (Å²) in [4.78, 5) is 2.49. The van der Waals surface area contributed by atoms with Gasteiger partial charge in [0.2, 0.25) is 0 Å². The molecule has 0 heterocycles. The number of anilines is 3. The summed E-state index contributed by atoms with van der Waals surface area (Å²) in [5.41, 5.74) is 19.4. The van der Waals surface area contributed by atoms with Crippen molar-refractivity contribution in [3.63, 3.8) is 0 Å². The maximum absolute atomic E-state index is 14.0. The summed E-state index contributed by atoms with van der Waals surface area (Å²) < 4.78 is 14.0. The minimum absolute atomic E-state index is 0.117. The summed E-state index contributed by atoms with van der Waals surface area (Å²) >= 11 is 0. The van der Waals surface area contributed by atoms with Gasteiger partial charge in [-0.1, -0.05) is 148 Å². The van der Waals surface area contributed by atoms with Crippen molar-refractivity contribution in [2.24, 2.45) is 29.6 Å². The highest BCUT2D eigenvalue weighted by Crippen LogP contribution is 2.69. The first-order chi connectivity index (χ1) is 30.8. The number of hydrogen-bond donors (Lipinski definition) is 0. The van der Waals surface area contributed by atoms with Gasteiger partial charge in [-0.2, -0.15) is 0 Å². The summed E-state index contributed by atoms with van der Waals surface area (Å²) in [6, 6.07) is 62.3. The zero-order valence-electron chi connectivity index (χ0n) is 36.4. The second-order valence-corrected chi connectivity index (χ2v) is 20.2. The Bertz CT molecular complexity index is 3140. The van der Waals surface area contributed by atoms with Crippen LogP contribution in [0.3, 0.4) is 0 Å². The first-order valence-corrected chi connectivity index (χ1v) is 23.5. The molecule has 63 heavy (non-hydrogen) atoms. The maximum Gasteiger partial charge on any atom is 0.123 e. The van der Waals surface area contributed by atoms with Crippen molar-refractivity contribution in [2.45, 2.75) is 63.7 Å². The normalized spacial score (nSPS) is 24.2. The molecule has 0 saturated heterocycles. The Kier molecular flexibility index (Phi) is 8.07. The van der Waals surface area contributed by atoms with Crippen LogP contribution in [-0.2, 0) is 10.8 Å². The van der Waals surface area contributed by atoms with Crippen molar-refractivity contribution in [2.75, 3.05) is 4.90 Å². The van der Waals surface area contributed by atoms with Crippen LogP contribution in [0.2, 0.25) is 0 Å². The second-order valence-electron chi connectivity index (χ2n) is 20.2. The molecule has 1 spiro atoms. The van der Waals surface area contributed by atoms with Crippen LogP contribution in [-0.4, -0.2) is 0 Å². The Hall–Kier alpha value is -6.25. The van der Waals surface area contributed by atoms with Crippen molar-refractivity contribution in [1.82, 2.24) is 0 Å². The predicted molar refractivity (Wildman–Crippen MR) is 259 cm³/mol. The molecule has 0 aromatic heterocycles. The highest BCUT2D eigenvalue weighted by atomic mass is 19.1.